The van der Waals surface area contributed by atoms with Crippen LogP contribution in [-0.4, -0.2) is 34.6 Å². The maximum atomic E-state index is 4.31. The molecule has 0 bridgehead atoms. The summed E-state index contributed by atoms with van der Waals surface area (Å²) in [6.07, 6.45) is 8.21. The van der Waals surface area contributed by atoms with Crippen LogP contribution < -0.4 is 5.32 Å². The van der Waals surface area contributed by atoms with Crippen LogP contribution in [0, 0.1) is 0 Å². The molecule has 1 atom stereocenters. The minimum Gasteiger partial charge on any atom is -0.338 e. The van der Waals surface area contributed by atoms with E-state index in [0.29, 0.717) is 6.04 Å². The van der Waals surface area contributed by atoms with Crippen LogP contribution in [0.1, 0.15) is 12.2 Å². The number of hydrogen-bond acceptors (Lipinski definition) is 3. The normalized spacial score (nSPS) is 13.1. The molecule has 0 radical (unpaired) electrons. The van der Waals surface area contributed by atoms with E-state index < -0.39 is 0 Å². The van der Waals surface area contributed by atoms with Gasteiger partial charge in [0.15, 0.2) is 0 Å². The number of thioether (sulfide) groups is 1. The van der Waals surface area contributed by atoms with E-state index in [1.807, 2.05) is 38.3 Å². The Morgan fingerprint density at radius 3 is 2.93 bits per heavy atom. The zero-order valence-corrected chi connectivity index (χ0v) is 9.97. The Hall–Kier alpha value is -0.480. The summed E-state index contributed by atoms with van der Waals surface area (Å²) in [5, 5.41) is 3.33. The van der Waals surface area contributed by atoms with E-state index in [1.165, 1.54) is 11.6 Å². The zero-order valence-electron chi connectivity index (χ0n) is 9.16. The smallest absolute Gasteiger partial charge is 0.108 e. The second-order valence-electron chi connectivity index (χ2n) is 3.43. The van der Waals surface area contributed by atoms with Gasteiger partial charge in [0, 0.05) is 37.7 Å². The van der Waals surface area contributed by atoms with Gasteiger partial charge in [-0.2, -0.15) is 11.8 Å². The Morgan fingerprint density at radius 2 is 2.43 bits per heavy atom. The van der Waals surface area contributed by atoms with Crippen molar-refractivity contribution in [3.8, 4) is 0 Å². The highest BCUT2D eigenvalue weighted by atomic mass is 32.2. The highest BCUT2D eigenvalue weighted by Gasteiger charge is 2.07. The first-order valence-corrected chi connectivity index (χ1v) is 6.29. The maximum Gasteiger partial charge on any atom is 0.108 e. The van der Waals surface area contributed by atoms with Crippen molar-refractivity contribution in [1.29, 1.82) is 0 Å². The molecule has 4 heteroatoms. The Bertz CT molecular complexity index is 260. The summed E-state index contributed by atoms with van der Waals surface area (Å²) in [6.45, 7) is 0. The molecule has 0 aromatic carbocycles. The van der Waals surface area contributed by atoms with E-state index in [-0.39, 0.29) is 0 Å². The lowest BCUT2D eigenvalue weighted by Gasteiger charge is -2.14. The molecule has 0 aliphatic carbocycles. The van der Waals surface area contributed by atoms with Crippen molar-refractivity contribution >= 4 is 11.8 Å². The molecule has 1 heterocycles. The van der Waals surface area contributed by atoms with Crippen molar-refractivity contribution < 1.29 is 0 Å². The van der Waals surface area contributed by atoms with Gasteiger partial charge >= 0.3 is 0 Å². The van der Waals surface area contributed by atoms with Crippen molar-refractivity contribution in [2.45, 2.75) is 18.9 Å². The summed E-state index contributed by atoms with van der Waals surface area (Å²) >= 11 is 1.89. The number of aromatic nitrogens is 2. The van der Waals surface area contributed by atoms with Gasteiger partial charge in [-0.3, -0.25) is 0 Å². The minimum absolute atomic E-state index is 0.599. The van der Waals surface area contributed by atoms with Crippen LogP contribution in [0.15, 0.2) is 12.4 Å². The van der Waals surface area contributed by atoms with E-state index in [1.54, 1.807) is 0 Å². The van der Waals surface area contributed by atoms with Crippen molar-refractivity contribution in [2.75, 3.05) is 19.1 Å². The predicted molar refractivity (Wildman–Crippen MR) is 62.8 cm³/mol. The lowest BCUT2D eigenvalue weighted by atomic mass is 10.2. The van der Waals surface area contributed by atoms with Crippen molar-refractivity contribution in [3.63, 3.8) is 0 Å². The molecule has 80 valence electrons. The fourth-order valence-electron chi connectivity index (χ4n) is 1.45. The van der Waals surface area contributed by atoms with Gasteiger partial charge in [0.1, 0.15) is 5.82 Å². The van der Waals surface area contributed by atoms with Crippen LogP contribution in [0.5, 0.6) is 0 Å². The number of rotatable bonds is 6. The van der Waals surface area contributed by atoms with E-state index >= 15 is 0 Å². The summed E-state index contributed by atoms with van der Waals surface area (Å²) in [7, 11) is 4.07. The monoisotopic (exact) mass is 213 g/mol. The molecule has 1 aromatic heterocycles. The van der Waals surface area contributed by atoms with E-state index in [9.17, 15) is 0 Å². The molecule has 1 unspecified atom stereocenters. The van der Waals surface area contributed by atoms with Crippen LogP contribution in [0.2, 0.25) is 0 Å². The Labute approximate surface area is 90.3 Å². The van der Waals surface area contributed by atoms with Crippen molar-refractivity contribution in [3.05, 3.63) is 18.2 Å². The van der Waals surface area contributed by atoms with Crippen molar-refractivity contribution in [2.24, 2.45) is 7.05 Å². The van der Waals surface area contributed by atoms with E-state index in [2.05, 4.69) is 21.1 Å². The third kappa shape index (κ3) is 3.35. The summed E-state index contributed by atoms with van der Waals surface area (Å²) in [5.41, 5.74) is 0. The van der Waals surface area contributed by atoms with Gasteiger partial charge in [-0.1, -0.05) is 0 Å². The standard InChI is InChI=1S/C10H19N3S/c1-11-9(8-14-3)4-5-10-12-6-7-13(10)2/h6-7,9,11H,4-5,8H2,1-3H3. The van der Waals surface area contributed by atoms with E-state index in [0.717, 1.165) is 12.8 Å². The summed E-state index contributed by atoms with van der Waals surface area (Å²) in [4.78, 5) is 4.31. The number of aryl methyl sites for hydroxylation is 2. The first-order chi connectivity index (χ1) is 6.77. The SMILES string of the molecule is CNC(CCc1nccn1C)CSC. The maximum absolute atomic E-state index is 4.31. The van der Waals surface area contributed by atoms with Gasteiger partial charge in [-0.15, -0.1) is 0 Å². The molecule has 0 saturated carbocycles. The van der Waals surface area contributed by atoms with Crippen LogP contribution in [0.4, 0.5) is 0 Å². The topological polar surface area (TPSA) is 29.9 Å². The number of nitrogens with one attached hydrogen (secondary N) is 1. The zero-order chi connectivity index (χ0) is 10.4. The molecule has 1 N–H and O–H groups in total. The van der Waals surface area contributed by atoms with Crippen LogP contribution >= 0.6 is 11.8 Å². The first kappa shape index (κ1) is 11.6. The summed E-state index contributed by atoms with van der Waals surface area (Å²) in [5.74, 6) is 2.34. The second-order valence-corrected chi connectivity index (χ2v) is 4.34. The predicted octanol–water partition coefficient (Wildman–Crippen LogP) is 1.30. The quantitative estimate of drug-likeness (QED) is 0.772. The van der Waals surface area contributed by atoms with Gasteiger partial charge in [-0.25, -0.2) is 4.98 Å². The molecular weight excluding hydrogens is 194 g/mol. The van der Waals surface area contributed by atoms with Gasteiger partial charge < -0.3 is 9.88 Å². The molecule has 0 fully saturated rings. The highest BCUT2D eigenvalue weighted by molar-refractivity contribution is 7.98. The molecule has 1 aromatic rings. The van der Waals surface area contributed by atoms with Gasteiger partial charge in [0.2, 0.25) is 0 Å². The largest absolute Gasteiger partial charge is 0.338 e. The number of nitrogens with zero attached hydrogens (tertiary/aromatic N) is 2. The molecule has 0 spiro atoms. The van der Waals surface area contributed by atoms with Gasteiger partial charge in [0.05, 0.1) is 0 Å². The van der Waals surface area contributed by atoms with Gasteiger partial charge in [-0.05, 0) is 19.7 Å². The molecule has 3 nitrogen and oxygen atoms in total. The third-order valence-electron chi connectivity index (χ3n) is 2.41. The molecule has 14 heavy (non-hydrogen) atoms. The molecule has 0 aliphatic heterocycles. The van der Waals surface area contributed by atoms with Crippen LogP contribution in [-0.2, 0) is 13.5 Å². The summed E-state index contributed by atoms with van der Waals surface area (Å²) < 4.78 is 2.09. The number of imidazole rings is 1. The first-order valence-electron chi connectivity index (χ1n) is 4.90. The second kappa shape index (κ2) is 6.09. The average Bonchev–Trinajstić information content (AvgIpc) is 2.59. The highest BCUT2D eigenvalue weighted by Crippen LogP contribution is 2.06. The number of hydrogen-bond donors (Lipinski definition) is 1. The van der Waals surface area contributed by atoms with Gasteiger partial charge in [0.25, 0.3) is 0 Å². The summed E-state index contributed by atoms with van der Waals surface area (Å²) in [6, 6.07) is 0.599. The van der Waals surface area contributed by atoms with Crippen LogP contribution in [0.25, 0.3) is 0 Å². The fourth-order valence-corrected chi connectivity index (χ4v) is 2.19. The lowest BCUT2D eigenvalue weighted by molar-refractivity contribution is 0.558. The molecule has 0 saturated heterocycles. The Balaban J connectivity index is 2.35. The Morgan fingerprint density at radius 1 is 1.64 bits per heavy atom. The molecule has 1 rings (SSSR count). The molecule has 0 amide bonds. The Kier molecular flexibility index (Phi) is 5.04. The molecular formula is C10H19N3S. The average molecular weight is 213 g/mol. The fraction of sp³-hybridized carbons (Fsp3) is 0.700. The van der Waals surface area contributed by atoms with Crippen molar-refractivity contribution in [1.82, 2.24) is 14.9 Å². The minimum atomic E-state index is 0.599. The van der Waals surface area contributed by atoms with E-state index in [4.69, 9.17) is 0 Å². The van der Waals surface area contributed by atoms with Crippen LogP contribution in [0.3, 0.4) is 0 Å². The molecule has 0 aliphatic rings. The lowest BCUT2D eigenvalue weighted by Crippen LogP contribution is -2.28. The third-order valence-corrected chi connectivity index (χ3v) is 3.15.